The van der Waals surface area contributed by atoms with Crippen LogP contribution in [0.3, 0.4) is 0 Å². The molecule has 0 aliphatic carbocycles. The van der Waals surface area contributed by atoms with E-state index in [0.29, 0.717) is 5.56 Å². The third-order valence-electron chi connectivity index (χ3n) is 4.60. The van der Waals surface area contributed by atoms with Crippen molar-refractivity contribution in [1.29, 1.82) is 0 Å². The van der Waals surface area contributed by atoms with Crippen LogP contribution < -0.4 is 11.1 Å². The Labute approximate surface area is 173 Å². The third kappa shape index (κ3) is 3.85. The summed E-state index contributed by atoms with van der Waals surface area (Å²) in [5, 5.41) is 2.64. The monoisotopic (exact) mass is 403 g/mol. The number of nitrogens with two attached hydrogens (primary N) is 1. The average Bonchev–Trinajstić information content (AvgIpc) is 2.73. The maximum atomic E-state index is 14.6. The summed E-state index contributed by atoms with van der Waals surface area (Å²) in [5.74, 6) is 6.30. The Hall–Kier alpha value is -4.17. The molecule has 3 N–H and O–H groups in total. The topological polar surface area (TPSA) is 101 Å². The molecule has 1 aliphatic heterocycles. The summed E-state index contributed by atoms with van der Waals surface area (Å²) in [6.07, 6.45) is 6.86. The van der Waals surface area contributed by atoms with Crippen LogP contribution in [0, 0.1) is 30.0 Å². The molecule has 2 amide bonds. The minimum atomic E-state index is -1.60. The summed E-state index contributed by atoms with van der Waals surface area (Å²) >= 11 is 0. The smallest absolute Gasteiger partial charge is 0.274 e. The van der Waals surface area contributed by atoms with E-state index in [9.17, 15) is 14.0 Å². The van der Waals surface area contributed by atoms with Crippen LogP contribution in [0.4, 0.5) is 10.1 Å². The van der Waals surface area contributed by atoms with Crippen LogP contribution in [0.5, 0.6) is 0 Å². The molecule has 0 radical (unpaired) electrons. The van der Waals surface area contributed by atoms with Gasteiger partial charge in [0, 0.05) is 30.1 Å². The minimum Gasteiger partial charge on any atom is -0.369 e. The summed E-state index contributed by atoms with van der Waals surface area (Å²) in [4.78, 5) is 34.2. The van der Waals surface area contributed by atoms with Gasteiger partial charge in [0.1, 0.15) is 11.5 Å². The molecule has 0 bridgehead atoms. The summed E-state index contributed by atoms with van der Waals surface area (Å²) < 4.78 is 14.6. The molecule has 0 saturated carbocycles. The highest BCUT2D eigenvalue weighted by atomic mass is 19.1. The zero-order valence-electron chi connectivity index (χ0n) is 16.4. The highest BCUT2D eigenvalue weighted by Crippen LogP contribution is 2.35. The average molecular weight is 403 g/mol. The van der Waals surface area contributed by atoms with E-state index in [4.69, 9.17) is 12.2 Å². The van der Waals surface area contributed by atoms with Crippen LogP contribution in [0.1, 0.15) is 35.0 Å². The molecule has 2 heterocycles. The van der Waals surface area contributed by atoms with Gasteiger partial charge in [-0.15, -0.1) is 12.3 Å². The van der Waals surface area contributed by atoms with E-state index in [0.717, 1.165) is 11.0 Å². The van der Waals surface area contributed by atoms with Gasteiger partial charge in [0.25, 0.3) is 5.91 Å². The van der Waals surface area contributed by atoms with Crippen molar-refractivity contribution in [3.63, 3.8) is 0 Å². The number of aliphatic imine (C=N–C) groups is 1. The Balaban J connectivity index is 1.93. The Bertz CT molecular complexity index is 1150. The van der Waals surface area contributed by atoms with Crippen LogP contribution in [-0.4, -0.2) is 34.7 Å². The second-order valence-electron chi connectivity index (χ2n) is 6.56. The third-order valence-corrected chi connectivity index (χ3v) is 4.60. The number of pyridine rings is 1. The predicted octanol–water partition coefficient (Wildman–Crippen LogP) is 1.85. The van der Waals surface area contributed by atoms with Crippen LogP contribution in [0.15, 0.2) is 41.5 Å². The van der Waals surface area contributed by atoms with Crippen LogP contribution >= 0.6 is 0 Å². The highest BCUT2D eigenvalue weighted by Gasteiger charge is 2.40. The molecular formula is C22H18FN5O2. The second kappa shape index (κ2) is 8.06. The SMILES string of the molecule is C#C[C@@]1(c2cc(NC(=O)c3ccc(C#CC)cn3)ccc2F)CC(=O)N(C)C(N)=N1. The van der Waals surface area contributed by atoms with E-state index in [1.54, 1.807) is 13.0 Å². The number of terminal acetylenes is 1. The van der Waals surface area contributed by atoms with Crippen LogP contribution in [0.25, 0.3) is 0 Å². The zero-order chi connectivity index (χ0) is 21.9. The first-order chi connectivity index (χ1) is 14.3. The molecule has 1 aliphatic rings. The fourth-order valence-corrected chi connectivity index (χ4v) is 2.95. The lowest BCUT2D eigenvalue weighted by Crippen LogP contribution is -2.48. The van der Waals surface area contributed by atoms with Gasteiger partial charge < -0.3 is 11.1 Å². The molecule has 7 nitrogen and oxygen atoms in total. The Morgan fingerprint density at radius 2 is 2.13 bits per heavy atom. The number of aromatic nitrogens is 1. The molecule has 0 fully saturated rings. The van der Waals surface area contributed by atoms with Gasteiger partial charge in [-0.05, 0) is 37.3 Å². The van der Waals surface area contributed by atoms with E-state index in [-0.39, 0.29) is 29.3 Å². The number of nitrogens with one attached hydrogen (secondary N) is 1. The highest BCUT2D eigenvalue weighted by molar-refractivity contribution is 6.03. The molecule has 0 unspecified atom stereocenters. The fourth-order valence-electron chi connectivity index (χ4n) is 2.95. The first kappa shape index (κ1) is 20.6. The van der Waals surface area contributed by atoms with Gasteiger partial charge in [-0.3, -0.25) is 14.5 Å². The first-order valence-corrected chi connectivity index (χ1v) is 8.89. The van der Waals surface area contributed by atoms with E-state index >= 15 is 0 Å². The number of amides is 2. The number of rotatable bonds is 3. The number of carbonyl (C=O) groups is 2. The predicted molar refractivity (Wildman–Crippen MR) is 111 cm³/mol. The number of guanidine groups is 1. The summed E-state index contributed by atoms with van der Waals surface area (Å²) in [6.45, 7) is 1.70. The molecule has 1 aromatic carbocycles. The maximum Gasteiger partial charge on any atom is 0.274 e. The number of benzene rings is 1. The van der Waals surface area contributed by atoms with Crippen molar-refractivity contribution in [2.45, 2.75) is 18.9 Å². The molecule has 3 rings (SSSR count). The Kier molecular flexibility index (Phi) is 5.52. The van der Waals surface area contributed by atoms with Crippen molar-refractivity contribution in [1.82, 2.24) is 9.88 Å². The lowest BCUT2D eigenvalue weighted by atomic mass is 9.85. The van der Waals surface area contributed by atoms with Gasteiger partial charge in [0.05, 0.1) is 6.42 Å². The van der Waals surface area contributed by atoms with Crippen molar-refractivity contribution >= 4 is 23.5 Å². The summed E-state index contributed by atoms with van der Waals surface area (Å²) in [7, 11) is 1.46. The largest absolute Gasteiger partial charge is 0.369 e. The number of hydrogen-bond donors (Lipinski definition) is 2. The number of carbonyl (C=O) groups excluding carboxylic acids is 2. The second-order valence-corrected chi connectivity index (χ2v) is 6.56. The molecule has 150 valence electrons. The Morgan fingerprint density at radius 3 is 2.73 bits per heavy atom. The van der Waals surface area contributed by atoms with Crippen LogP contribution in [-0.2, 0) is 10.3 Å². The Morgan fingerprint density at radius 1 is 1.37 bits per heavy atom. The molecule has 0 spiro atoms. The lowest BCUT2D eigenvalue weighted by molar-refractivity contribution is -0.128. The van der Waals surface area contributed by atoms with Crippen molar-refractivity contribution in [2.75, 3.05) is 12.4 Å². The summed E-state index contributed by atoms with van der Waals surface area (Å²) in [6, 6.07) is 7.07. The molecule has 2 aromatic rings. The quantitative estimate of drug-likeness (QED) is 0.764. The van der Waals surface area contributed by atoms with Crippen molar-refractivity contribution in [2.24, 2.45) is 10.7 Å². The van der Waals surface area contributed by atoms with Gasteiger partial charge in [-0.1, -0.05) is 11.8 Å². The van der Waals surface area contributed by atoms with Gasteiger partial charge >= 0.3 is 0 Å². The molecular weight excluding hydrogens is 385 g/mol. The van der Waals surface area contributed by atoms with Crippen molar-refractivity contribution < 1.29 is 14.0 Å². The maximum absolute atomic E-state index is 14.6. The van der Waals surface area contributed by atoms with E-state index < -0.39 is 23.2 Å². The zero-order valence-corrected chi connectivity index (χ0v) is 16.4. The molecule has 1 aromatic heterocycles. The minimum absolute atomic E-state index is 0.0336. The standard InChI is InChI=1S/C22H18FN5O2/c1-4-6-14-7-10-18(25-13-14)20(30)26-15-8-9-17(23)16(11-15)22(5-2)12-19(29)28(3)21(24)27-22/h2,7-11,13H,12H2,1,3H3,(H2,24,27)(H,26,30)/t22-/m0/s1. The molecule has 1 atom stereocenters. The number of nitrogens with zero attached hydrogens (tertiary/aromatic N) is 3. The van der Waals surface area contributed by atoms with E-state index in [1.807, 2.05) is 0 Å². The van der Waals surface area contributed by atoms with E-state index in [1.165, 1.54) is 31.4 Å². The van der Waals surface area contributed by atoms with Crippen molar-refractivity contribution in [3.05, 3.63) is 59.2 Å². The fraction of sp³-hybridized carbons (Fsp3) is 0.182. The van der Waals surface area contributed by atoms with E-state index in [2.05, 4.69) is 33.1 Å². The van der Waals surface area contributed by atoms with Crippen molar-refractivity contribution in [3.8, 4) is 24.2 Å². The molecule has 0 saturated heterocycles. The lowest BCUT2D eigenvalue weighted by Gasteiger charge is -2.33. The number of anilines is 1. The normalized spacial score (nSPS) is 18.0. The number of hydrogen-bond acceptors (Lipinski definition) is 5. The summed E-state index contributed by atoms with van der Waals surface area (Å²) in [5.41, 5.74) is 5.26. The first-order valence-electron chi connectivity index (χ1n) is 8.89. The van der Waals surface area contributed by atoms with Gasteiger partial charge in [0.15, 0.2) is 11.5 Å². The molecule has 8 heteroatoms. The number of halogens is 1. The van der Waals surface area contributed by atoms with Gasteiger partial charge in [-0.2, -0.15) is 0 Å². The van der Waals surface area contributed by atoms with Gasteiger partial charge in [-0.25, -0.2) is 14.4 Å². The van der Waals surface area contributed by atoms with Gasteiger partial charge in [0.2, 0.25) is 5.91 Å². The molecule has 30 heavy (non-hydrogen) atoms. The van der Waals surface area contributed by atoms with Crippen LogP contribution in [0.2, 0.25) is 0 Å².